The average Bonchev–Trinajstić information content (AvgIpc) is 3.49. The van der Waals surface area contributed by atoms with Gasteiger partial charge in [-0.2, -0.15) is 0 Å². The van der Waals surface area contributed by atoms with Gasteiger partial charge in [-0.1, -0.05) is 0 Å². The maximum absolute atomic E-state index is 13.1. The molecule has 2 aliphatic heterocycles. The van der Waals surface area contributed by atoms with Crippen LogP contribution in [0.3, 0.4) is 0 Å². The Labute approximate surface area is 172 Å². The van der Waals surface area contributed by atoms with Gasteiger partial charge in [0, 0.05) is 31.0 Å². The summed E-state index contributed by atoms with van der Waals surface area (Å²) in [5.74, 6) is 0.240. The summed E-state index contributed by atoms with van der Waals surface area (Å²) in [7, 11) is 0. The van der Waals surface area contributed by atoms with Crippen LogP contribution in [-0.2, 0) is 17.8 Å². The molecule has 3 heterocycles. The van der Waals surface area contributed by atoms with E-state index in [9.17, 15) is 18.8 Å². The number of fused-ring (bicyclic) bond motifs is 1. The third kappa shape index (κ3) is 3.40. The summed E-state index contributed by atoms with van der Waals surface area (Å²) in [5.41, 5.74) is 1.32. The Hall–Kier alpha value is -3.03. The van der Waals surface area contributed by atoms with E-state index >= 15 is 0 Å². The van der Waals surface area contributed by atoms with Crippen LogP contribution in [0.15, 0.2) is 29.1 Å². The van der Waals surface area contributed by atoms with E-state index in [4.69, 9.17) is 4.98 Å². The summed E-state index contributed by atoms with van der Waals surface area (Å²) in [4.78, 5) is 49.2. The van der Waals surface area contributed by atoms with Crippen molar-refractivity contribution in [2.75, 3.05) is 13.1 Å². The van der Waals surface area contributed by atoms with Gasteiger partial charge < -0.3 is 14.8 Å². The summed E-state index contributed by atoms with van der Waals surface area (Å²) in [6.07, 6.45) is 4.09. The first-order valence-electron chi connectivity index (χ1n) is 10.5. The Kier molecular flexibility index (Phi) is 4.64. The number of carbonyl (C=O) groups is 2. The molecule has 0 spiro atoms. The van der Waals surface area contributed by atoms with Crippen molar-refractivity contribution >= 4 is 11.8 Å². The highest BCUT2D eigenvalue weighted by Gasteiger charge is 2.40. The largest absolute Gasteiger partial charge is 0.334 e. The van der Waals surface area contributed by atoms with Crippen LogP contribution in [0.2, 0.25) is 0 Å². The Morgan fingerprint density at radius 3 is 2.60 bits per heavy atom. The lowest BCUT2D eigenvalue weighted by molar-refractivity contribution is -0.133. The Balaban J connectivity index is 1.37. The van der Waals surface area contributed by atoms with E-state index < -0.39 is 5.82 Å². The van der Waals surface area contributed by atoms with E-state index in [2.05, 4.69) is 4.98 Å². The van der Waals surface area contributed by atoms with E-state index in [1.165, 1.54) is 24.3 Å². The number of benzene rings is 1. The average molecular weight is 410 g/mol. The molecule has 1 atom stereocenters. The molecule has 1 aromatic carbocycles. The van der Waals surface area contributed by atoms with Gasteiger partial charge in [-0.05, 0) is 49.9 Å². The number of hydrogen-bond acceptors (Lipinski definition) is 4. The first-order chi connectivity index (χ1) is 14.5. The number of amides is 2. The van der Waals surface area contributed by atoms with Gasteiger partial charge in [0.15, 0.2) is 0 Å². The van der Waals surface area contributed by atoms with Crippen LogP contribution >= 0.6 is 0 Å². The third-order valence-electron chi connectivity index (χ3n) is 6.24. The molecule has 0 bridgehead atoms. The van der Waals surface area contributed by atoms with E-state index in [0.29, 0.717) is 42.2 Å². The van der Waals surface area contributed by atoms with E-state index in [0.717, 1.165) is 25.7 Å². The lowest BCUT2D eigenvalue weighted by atomic mass is 10.0. The summed E-state index contributed by atoms with van der Waals surface area (Å²) < 4.78 is 13.1. The van der Waals surface area contributed by atoms with Crippen LogP contribution in [0.5, 0.6) is 0 Å². The third-order valence-corrected chi connectivity index (χ3v) is 6.24. The van der Waals surface area contributed by atoms with E-state index in [1.54, 1.807) is 4.90 Å². The topological polar surface area (TPSA) is 86.4 Å². The number of aromatic amines is 1. The predicted molar refractivity (Wildman–Crippen MR) is 106 cm³/mol. The zero-order chi connectivity index (χ0) is 20.8. The highest BCUT2D eigenvalue weighted by Crippen LogP contribution is 2.37. The second-order valence-corrected chi connectivity index (χ2v) is 8.32. The van der Waals surface area contributed by atoms with Gasteiger partial charge >= 0.3 is 0 Å². The van der Waals surface area contributed by atoms with Crippen LogP contribution in [0.4, 0.5) is 4.39 Å². The van der Waals surface area contributed by atoms with Crippen LogP contribution in [0.1, 0.15) is 59.2 Å². The molecule has 0 unspecified atom stereocenters. The number of H-pyrrole nitrogens is 1. The minimum absolute atomic E-state index is 0.140. The molecule has 2 fully saturated rings. The van der Waals surface area contributed by atoms with Crippen molar-refractivity contribution in [2.24, 2.45) is 5.92 Å². The first-order valence-corrected chi connectivity index (χ1v) is 10.5. The maximum atomic E-state index is 13.1. The van der Waals surface area contributed by atoms with Crippen molar-refractivity contribution < 1.29 is 14.0 Å². The molecule has 2 amide bonds. The standard InChI is InChI=1S/C22H23FN4O3/c23-15-7-5-13(6-8-15)21(29)26-11-9-17-16(12-26)20(28)25-19(24-17)18-2-1-10-27(18)22(30)14-3-4-14/h5-8,14,18H,1-4,9-12H2,(H,24,25,28)/t18-/m1/s1. The molecule has 7 nitrogen and oxygen atoms in total. The van der Waals surface area contributed by atoms with Crippen molar-refractivity contribution in [2.45, 2.75) is 44.7 Å². The number of aromatic nitrogens is 2. The minimum Gasteiger partial charge on any atom is -0.334 e. The number of nitrogens with one attached hydrogen (secondary N) is 1. The molecule has 1 saturated heterocycles. The van der Waals surface area contributed by atoms with Crippen molar-refractivity contribution in [3.63, 3.8) is 0 Å². The number of rotatable bonds is 3. The molecule has 8 heteroatoms. The SMILES string of the molecule is O=C(c1ccc(F)cc1)N1CCc2nc([C@H]3CCCN3C(=O)C3CC3)[nH]c(=O)c2C1. The number of hydrogen-bond donors (Lipinski definition) is 1. The van der Waals surface area contributed by atoms with E-state index in [1.807, 2.05) is 4.90 Å². The van der Waals surface area contributed by atoms with Crippen molar-refractivity contribution in [1.29, 1.82) is 0 Å². The minimum atomic E-state index is -0.398. The molecule has 30 heavy (non-hydrogen) atoms. The summed E-state index contributed by atoms with van der Waals surface area (Å²) in [6, 6.07) is 5.23. The maximum Gasteiger partial charge on any atom is 0.256 e. The molecule has 1 aromatic heterocycles. The second kappa shape index (κ2) is 7.34. The molecule has 5 rings (SSSR count). The molecular formula is C22H23FN4O3. The Morgan fingerprint density at radius 1 is 1.10 bits per heavy atom. The molecule has 1 saturated carbocycles. The van der Waals surface area contributed by atoms with Gasteiger partial charge in [-0.25, -0.2) is 9.37 Å². The highest BCUT2D eigenvalue weighted by atomic mass is 19.1. The Morgan fingerprint density at radius 2 is 1.87 bits per heavy atom. The lowest BCUT2D eigenvalue weighted by Gasteiger charge is -2.29. The van der Waals surface area contributed by atoms with Crippen LogP contribution < -0.4 is 5.56 Å². The molecule has 3 aliphatic rings. The van der Waals surface area contributed by atoms with Gasteiger partial charge in [0.25, 0.3) is 11.5 Å². The number of halogens is 1. The summed E-state index contributed by atoms with van der Waals surface area (Å²) in [5, 5.41) is 0. The quantitative estimate of drug-likeness (QED) is 0.840. The fraction of sp³-hybridized carbons (Fsp3) is 0.455. The van der Waals surface area contributed by atoms with E-state index in [-0.39, 0.29) is 35.9 Å². The molecule has 1 N–H and O–H groups in total. The van der Waals surface area contributed by atoms with Gasteiger partial charge in [0.1, 0.15) is 11.6 Å². The zero-order valence-electron chi connectivity index (χ0n) is 16.6. The second-order valence-electron chi connectivity index (χ2n) is 8.32. The molecule has 2 aromatic rings. The monoisotopic (exact) mass is 410 g/mol. The summed E-state index contributed by atoms with van der Waals surface area (Å²) >= 11 is 0. The number of nitrogens with zero attached hydrogens (tertiary/aromatic N) is 3. The van der Waals surface area contributed by atoms with Gasteiger partial charge in [-0.3, -0.25) is 14.4 Å². The van der Waals surface area contributed by atoms with Gasteiger partial charge in [0.2, 0.25) is 5.91 Å². The van der Waals surface area contributed by atoms with Crippen molar-refractivity contribution in [3.05, 3.63) is 63.1 Å². The van der Waals surface area contributed by atoms with Crippen molar-refractivity contribution in [3.8, 4) is 0 Å². The molecule has 1 aliphatic carbocycles. The normalized spacial score (nSPS) is 20.9. The predicted octanol–water partition coefficient (Wildman–Crippen LogP) is 2.18. The fourth-order valence-electron chi connectivity index (χ4n) is 4.43. The molecular weight excluding hydrogens is 387 g/mol. The first kappa shape index (κ1) is 19.0. The number of carbonyl (C=O) groups excluding carboxylic acids is 2. The highest BCUT2D eigenvalue weighted by molar-refractivity contribution is 5.94. The fourth-order valence-corrected chi connectivity index (χ4v) is 4.43. The van der Waals surface area contributed by atoms with Crippen LogP contribution in [-0.4, -0.2) is 44.7 Å². The van der Waals surface area contributed by atoms with Gasteiger partial charge in [0.05, 0.1) is 23.8 Å². The van der Waals surface area contributed by atoms with Crippen molar-refractivity contribution in [1.82, 2.24) is 19.8 Å². The Bertz CT molecular complexity index is 1060. The lowest BCUT2D eigenvalue weighted by Crippen LogP contribution is -2.40. The molecule has 156 valence electrons. The molecule has 0 radical (unpaired) electrons. The van der Waals surface area contributed by atoms with Crippen LogP contribution in [0.25, 0.3) is 0 Å². The summed E-state index contributed by atoms with van der Waals surface area (Å²) in [6.45, 7) is 1.32. The zero-order valence-corrected chi connectivity index (χ0v) is 16.6. The van der Waals surface area contributed by atoms with Crippen LogP contribution in [0, 0.1) is 11.7 Å². The number of likely N-dealkylation sites (tertiary alicyclic amines) is 1. The smallest absolute Gasteiger partial charge is 0.256 e. The van der Waals surface area contributed by atoms with Gasteiger partial charge in [-0.15, -0.1) is 0 Å².